The van der Waals surface area contributed by atoms with Gasteiger partial charge in [0.05, 0.1) is 0 Å². The minimum atomic E-state index is 0.892. The molecule has 54 valence electrons. The van der Waals surface area contributed by atoms with Gasteiger partial charge in [0.15, 0.2) is 0 Å². The lowest BCUT2D eigenvalue weighted by molar-refractivity contribution is 0.326. The molecule has 0 unspecified atom stereocenters. The summed E-state index contributed by atoms with van der Waals surface area (Å²) >= 11 is 0. The molecular weight excluding hydrogens is 110 g/mol. The van der Waals surface area contributed by atoms with E-state index in [0.717, 1.165) is 19.6 Å². The Balaban J connectivity index is 3.09. The average molecular weight is 127 g/mol. The molecule has 1 heteroatoms. The van der Waals surface area contributed by atoms with Gasteiger partial charge >= 0.3 is 0 Å². The molecule has 0 atom stereocenters. The van der Waals surface area contributed by atoms with Gasteiger partial charge in [0.1, 0.15) is 0 Å². The lowest BCUT2D eigenvalue weighted by Crippen LogP contribution is -2.23. The smallest absolute Gasteiger partial charge is 0.00183 e. The first-order valence-corrected chi connectivity index (χ1v) is 3.66. The van der Waals surface area contributed by atoms with E-state index in [0.29, 0.717) is 0 Å². The first-order valence-electron chi connectivity index (χ1n) is 3.66. The van der Waals surface area contributed by atoms with E-state index < -0.39 is 0 Å². The van der Waals surface area contributed by atoms with Crippen molar-refractivity contribution in [2.24, 2.45) is 0 Å². The molecule has 0 rings (SSSR count). The summed E-state index contributed by atoms with van der Waals surface area (Å²) < 4.78 is 0. The van der Waals surface area contributed by atoms with Crippen LogP contribution in [0, 0.1) is 13.8 Å². The Morgan fingerprint density at radius 2 is 1.78 bits per heavy atom. The predicted molar refractivity (Wildman–Crippen MR) is 42.1 cm³/mol. The first-order chi connectivity index (χ1) is 4.35. The maximum atomic E-state index is 3.80. The Morgan fingerprint density at radius 1 is 1.22 bits per heavy atom. The van der Waals surface area contributed by atoms with E-state index >= 15 is 0 Å². The minimum Gasteiger partial charge on any atom is -0.303 e. The number of rotatable bonds is 5. The van der Waals surface area contributed by atoms with Gasteiger partial charge in [0.25, 0.3) is 0 Å². The maximum absolute atomic E-state index is 3.80. The van der Waals surface area contributed by atoms with E-state index in [1.807, 2.05) is 0 Å². The SMILES string of the molecule is [CH2]CN(C[CH2])CCCC. The molecule has 0 aliphatic heterocycles. The second-order valence-corrected chi connectivity index (χ2v) is 2.20. The lowest BCUT2D eigenvalue weighted by Gasteiger charge is -2.16. The normalized spacial score (nSPS) is 10.7. The molecule has 0 aliphatic rings. The monoisotopic (exact) mass is 127 g/mol. The van der Waals surface area contributed by atoms with Crippen molar-refractivity contribution in [2.45, 2.75) is 19.8 Å². The number of hydrogen-bond donors (Lipinski definition) is 0. The van der Waals surface area contributed by atoms with Gasteiger partial charge in [-0.25, -0.2) is 0 Å². The largest absolute Gasteiger partial charge is 0.303 e. The second-order valence-electron chi connectivity index (χ2n) is 2.20. The molecule has 0 amide bonds. The van der Waals surface area contributed by atoms with Crippen LogP contribution >= 0.6 is 0 Å². The second kappa shape index (κ2) is 6.09. The molecule has 0 fully saturated rings. The number of nitrogens with zero attached hydrogens (tertiary/aromatic N) is 1. The molecule has 0 N–H and O–H groups in total. The third-order valence-corrected chi connectivity index (χ3v) is 1.46. The Hall–Kier alpha value is -0.0400. The van der Waals surface area contributed by atoms with Crippen LogP contribution in [0.5, 0.6) is 0 Å². The highest BCUT2D eigenvalue weighted by molar-refractivity contribution is 4.58. The Bertz CT molecular complexity index is 48.5. The topological polar surface area (TPSA) is 3.24 Å². The van der Waals surface area contributed by atoms with Crippen LogP contribution in [0.15, 0.2) is 0 Å². The van der Waals surface area contributed by atoms with Crippen LogP contribution in [0.2, 0.25) is 0 Å². The van der Waals surface area contributed by atoms with Crippen molar-refractivity contribution in [3.05, 3.63) is 13.8 Å². The van der Waals surface area contributed by atoms with Gasteiger partial charge in [0.2, 0.25) is 0 Å². The summed E-state index contributed by atoms with van der Waals surface area (Å²) in [5.74, 6) is 0. The van der Waals surface area contributed by atoms with Crippen molar-refractivity contribution in [3.8, 4) is 0 Å². The summed E-state index contributed by atoms with van der Waals surface area (Å²) in [6.45, 7) is 12.7. The highest BCUT2D eigenvalue weighted by Crippen LogP contribution is 1.92. The zero-order chi connectivity index (χ0) is 7.11. The van der Waals surface area contributed by atoms with Crippen molar-refractivity contribution < 1.29 is 0 Å². The third kappa shape index (κ3) is 4.46. The quantitative estimate of drug-likeness (QED) is 0.544. The van der Waals surface area contributed by atoms with Gasteiger partial charge < -0.3 is 4.90 Å². The lowest BCUT2D eigenvalue weighted by atomic mass is 10.3. The summed E-state index contributed by atoms with van der Waals surface area (Å²) in [4.78, 5) is 2.24. The molecule has 0 aromatic rings. The van der Waals surface area contributed by atoms with Gasteiger partial charge in [-0.2, -0.15) is 0 Å². The van der Waals surface area contributed by atoms with E-state index in [-0.39, 0.29) is 0 Å². The van der Waals surface area contributed by atoms with Crippen molar-refractivity contribution in [1.29, 1.82) is 0 Å². The highest BCUT2D eigenvalue weighted by Gasteiger charge is 1.94. The third-order valence-electron chi connectivity index (χ3n) is 1.46. The first kappa shape index (κ1) is 8.96. The van der Waals surface area contributed by atoms with Crippen LogP contribution in [0.25, 0.3) is 0 Å². The fourth-order valence-electron chi connectivity index (χ4n) is 0.717. The van der Waals surface area contributed by atoms with Gasteiger partial charge in [-0.15, -0.1) is 0 Å². The molecule has 0 saturated heterocycles. The summed E-state index contributed by atoms with van der Waals surface area (Å²) in [6, 6.07) is 0. The highest BCUT2D eigenvalue weighted by atomic mass is 15.1. The van der Waals surface area contributed by atoms with Crippen LogP contribution < -0.4 is 0 Å². The maximum Gasteiger partial charge on any atom is -0.00183 e. The molecule has 0 bridgehead atoms. The molecule has 0 aliphatic carbocycles. The molecule has 9 heavy (non-hydrogen) atoms. The molecule has 0 aromatic heterocycles. The fraction of sp³-hybridized carbons (Fsp3) is 0.750. The van der Waals surface area contributed by atoms with E-state index in [9.17, 15) is 0 Å². The van der Waals surface area contributed by atoms with Crippen molar-refractivity contribution in [2.75, 3.05) is 19.6 Å². The van der Waals surface area contributed by atoms with Gasteiger partial charge in [-0.3, -0.25) is 0 Å². The summed E-state index contributed by atoms with van der Waals surface area (Å²) in [6.07, 6.45) is 2.53. The van der Waals surface area contributed by atoms with Crippen LogP contribution in [0.3, 0.4) is 0 Å². The van der Waals surface area contributed by atoms with Crippen LogP contribution in [0.4, 0.5) is 0 Å². The summed E-state index contributed by atoms with van der Waals surface area (Å²) in [7, 11) is 0. The average Bonchev–Trinajstić information content (AvgIpc) is 1.91. The fourth-order valence-corrected chi connectivity index (χ4v) is 0.717. The Morgan fingerprint density at radius 3 is 2.11 bits per heavy atom. The Kier molecular flexibility index (Phi) is 6.06. The minimum absolute atomic E-state index is 0.892. The predicted octanol–water partition coefficient (Wildman–Crippen LogP) is 1.76. The van der Waals surface area contributed by atoms with Crippen LogP contribution in [-0.2, 0) is 0 Å². The molecule has 1 nitrogen and oxygen atoms in total. The molecule has 0 heterocycles. The zero-order valence-corrected chi connectivity index (χ0v) is 6.40. The van der Waals surface area contributed by atoms with Crippen molar-refractivity contribution >= 4 is 0 Å². The summed E-state index contributed by atoms with van der Waals surface area (Å²) in [5, 5.41) is 0. The molecule has 2 radical (unpaired) electrons. The Labute approximate surface area is 59.1 Å². The van der Waals surface area contributed by atoms with E-state index in [1.165, 1.54) is 12.8 Å². The van der Waals surface area contributed by atoms with Crippen molar-refractivity contribution in [3.63, 3.8) is 0 Å². The van der Waals surface area contributed by atoms with Gasteiger partial charge in [-0.1, -0.05) is 13.3 Å². The van der Waals surface area contributed by atoms with Gasteiger partial charge in [-0.05, 0) is 39.9 Å². The molecule has 0 aromatic carbocycles. The molecule has 0 saturated carbocycles. The van der Waals surface area contributed by atoms with Crippen LogP contribution in [-0.4, -0.2) is 24.5 Å². The zero-order valence-electron chi connectivity index (χ0n) is 6.40. The van der Waals surface area contributed by atoms with E-state index in [4.69, 9.17) is 0 Å². The van der Waals surface area contributed by atoms with Gasteiger partial charge in [0, 0.05) is 0 Å². The van der Waals surface area contributed by atoms with E-state index in [1.54, 1.807) is 0 Å². The summed E-state index contributed by atoms with van der Waals surface area (Å²) in [5.41, 5.74) is 0. The molecule has 0 spiro atoms. The van der Waals surface area contributed by atoms with Crippen LogP contribution in [0.1, 0.15) is 19.8 Å². The number of unbranched alkanes of at least 4 members (excludes halogenated alkanes) is 1. The number of hydrogen-bond acceptors (Lipinski definition) is 1. The standard InChI is InChI=1S/C8H17N/c1-4-7-8-9(5-2)6-3/h2-8H2,1H3. The van der Waals surface area contributed by atoms with E-state index in [2.05, 4.69) is 25.7 Å². The van der Waals surface area contributed by atoms with Crippen molar-refractivity contribution in [1.82, 2.24) is 4.90 Å². The molecular formula is C8H17N.